The van der Waals surface area contributed by atoms with E-state index < -0.39 is 5.82 Å². The number of amides is 2. The van der Waals surface area contributed by atoms with Crippen LogP contribution in [0.15, 0.2) is 30.5 Å². The molecule has 2 amide bonds. The first-order chi connectivity index (χ1) is 11.5. The summed E-state index contributed by atoms with van der Waals surface area (Å²) in [7, 11) is 0. The third kappa shape index (κ3) is 4.38. The highest BCUT2D eigenvalue weighted by Gasteiger charge is 2.28. The molecule has 0 unspecified atom stereocenters. The van der Waals surface area contributed by atoms with Gasteiger partial charge in [-0.25, -0.2) is 9.37 Å². The summed E-state index contributed by atoms with van der Waals surface area (Å²) in [5.74, 6) is -0.658. The summed E-state index contributed by atoms with van der Waals surface area (Å²) in [6, 6.07) is 5.55. The molecule has 3 rings (SSSR count). The molecular weight excluding hydrogens is 329 g/mol. The molecule has 0 atom stereocenters. The lowest BCUT2D eigenvalue weighted by molar-refractivity contribution is -0.116. The van der Waals surface area contributed by atoms with Crippen LogP contribution in [0.2, 0.25) is 0 Å². The van der Waals surface area contributed by atoms with E-state index in [4.69, 9.17) is 0 Å². The van der Waals surface area contributed by atoms with E-state index in [0.717, 1.165) is 17.7 Å². The quantitative estimate of drug-likeness (QED) is 0.873. The highest BCUT2D eigenvalue weighted by molar-refractivity contribution is 7.15. The van der Waals surface area contributed by atoms with Gasteiger partial charge in [0, 0.05) is 23.2 Å². The first-order valence-corrected chi connectivity index (χ1v) is 8.60. The van der Waals surface area contributed by atoms with Crippen molar-refractivity contribution in [2.24, 2.45) is 5.92 Å². The molecule has 24 heavy (non-hydrogen) atoms. The van der Waals surface area contributed by atoms with Gasteiger partial charge in [0.15, 0.2) is 5.13 Å². The normalized spacial score (nSPS) is 13.6. The first kappa shape index (κ1) is 16.6. The molecule has 1 saturated carbocycles. The largest absolute Gasteiger partial charge is 0.329 e. The molecule has 0 saturated heterocycles. The molecule has 5 nitrogen and oxygen atoms in total. The zero-order valence-electron chi connectivity index (χ0n) is 13.3. The van der Waals surface area contributed by atoms with Gasteiger partial charge in [0.25, 0.3) is 5.91 Å². The van der Waals surface area contributed by atoms with Gasteiger partial charge in [0.05, 0.1) is 0 Å². The van der Waals surface area contributed by atoms with Gasteiger partial charge in [-0.15, -0.1) is 11.3 Å². The molecule has 1 heterocycles. The molecular formula is C17H18FN3O2S. The Morgan fingerprint density at radius 3 is 2.83 bits per heavy atom. The van der Waals surface area contributed by atoms with Crippen LogP contribution in [0, 0.1) is 18.7 Å². The van der Waals surface area contributed by atoms with E-state index >= 15 is 0 Å². The van der Waals surface area contributed by atoms with Crippen LogP contribution < -0.4 is 5.32 Å². The van der Waals surface area contributed by atoms with Crippen molar-refractivity contribution in [1.82, 2.24) is 9.88 Å². The summed E-state index contributed by atoms with van der Waals surface area (Å²) < 4.78 is 13.4. The molecule has 0 aliphatic heterocycles. The number of aromatic nitrogens is 1. The van der Waals surface area contributed by atoms with Crippen molar-refractivity contribution < 1.29 is 14.0 Å². The van der Waals surface area contributed by atoms with E-state index in [1.165, 1.54) is 34.4 Å². The lowest BCUT2D eigenvalue weighted by Crippen LogP contribution is -2.39. The van der Waals surface area contributed by atoms with Crippen molar-refractivity contribution in [3.8, 4) is 0 Å². The number of anilines is 1. The van der Waals surface area contributed by atoms with Crippen molar-refractivity contribution >= 4 is 28.3 Å². The fourth-order valence-corrected chi connectivity index (χ4v) is 3.06. The number of hydrogen-bond acceptors (Lipinski definition) is 4. The van der Waals surface area contributed by atoms with Crippen LogP contribution in [0.1, 0.15) is 28.1 Å². The van der Waals surface area contributed by atoms with Gasteiger partial charge < -0.3 is 10.2 Å². The fraction of sp³-hybridized carbons (Fsp3) is 0.353. The fourth-order valence-electron chi connectivity index (χ4n) is 2.38. The van der Waals surface area contributed by atoms with Crippen molar-refractivity contribution in [1.29, 1.82) is 0 Å². The Kier molecular flexibility index (Phi) is 4.89. The number of nitrogens with zero attached hydrogens (tertiary/aromatic N) is 2. The molecule has 1 aromatic heterocycles. The van der Waals surface area contributed by atoms with Crippen LogP contribution >= 0.6 is 11.3 Å². The van der Waals surface area contributed by atoms with Crippen LogP contribution in [-0.2, 0) is 4.79 Å². The summed E-state index contributed by atoms with van der Waals surface area (Å²) in [6.45, 7) is 2.35. The van der Waals surface area contributed by atoms with Crippen molar-refractivity contribution in [2.45, 2.75) is 19.8 Å². The molecule has 0 radical (unpaired) electrons. The van der Waals surface area contributed by atoms with Crippen LogP contribution in [0.5, 0.6) is 0 Å². The Morgan fingerprint density at radius 1 is 1.42 bits per heavy atom. The smallest absolute Gasteiger partial charge is 0.254 e. The van der Waals surface area contributed by atoms with Crippen LogP contribution in [0.4, 0.5) is 9.52 Å². The first-order valence-electron chi connectivity index (χ1n) is 7.78. The van der Waals surface area contributed by atoms with E-state index in [-0.39, 0.29) is 23.9 Å². The number of thiazole rings is 1. The van der Waals surface area contributed by atoms with Gasteiger partial charge in [0.1, 0.15) is 12.4 Å². The van der Waals surface area contributed by atoms with Crippen LogP contribution in [0.3, 0.4) is 0 Å². The standard InChI is InChI=1S/C17H18FN3O2S/c1-11-8-19-17(24-11)20-15(22)10-21(9-12-5-6-12)16(23)13-3-2-4-14(18)7-13/h2-4,7-8,12H,5-6,9-10H2,1H3,(H,19,20,22). The number of carbonyl (C=O) groups is 2. The Labute approximate surface area is 143 Å². The molecule has 0 bridgehead atoms. The van der Waals surface area contributed by atoms with Gasteiger partial charge >= 0.3 is 0 Å². The second-order valence-electron chi connectivity index (χ2n) is 5.96. The van der Waals surface area contributed by atoms with E-state index in [0.29, 0.717) is 17.6 Å². The van der Waals surface area contributed by atoms with Gasteiger partial charge in [-0.2, -0.15) is 0 Å². The zero-order chi connectivity index (χ0) is 17.1. The third-order valence-corrected chi connectivity index (χ3v) is 4.56. The topological polar surface area (TPSA) is 62.3 Å². The average Bonchev–Trinajstić information content (AvgIpc) is 3.27. The predicted octanol–water partition coefficient (Wildman–Crippen LogP) is 3.08. The number of benzene rings is 1. The average molecular weight is 347 g/mol. The van der Waals surface area contributed by atoms with Gasteiger partial charge in [-0.05, 0) is 43.9 Å². The van der Waals surface area contributed by atoms with Gasteiger partial charge in [0.2, 0.25) is 5.91 Å². The van der Waals surface area contributed by atoms with Crippen molar-refractivity contribution in [3.05, 3.63) is 46.7 Å². The maximum absolute atomic E-state index is 13.4. The monoisotopic (exact) mass is 347 g/mol. The second kappa shape index (κ2) is 7.09. The van der Waals surface area contributed by atoms with Crippen LogP contribution in [-0.4, -0.2) is 34.8 Å². The third-order valence-electron chi connectivity index (χ3n) is 3.74. The summed E-state index contributed by atoms with van der Waals surface area (Å²) >= 11 is 1.38. The Hall–Kier alpha value is -2.28. The molecule has 1 aliphatic rings. The molecule has 7 heteroatoms. The number of halogens is 1. The highest BCUT2D eigenvalue weighted by atomic mass is 32.1. The molecule has 1 fully saturated rings. The molecule has 0 spiro atoms. The molecule has 1 N–H and O–H groups in total. The highest BCUT2D eigenvalue weighted by Crippen LogP contribution is 2.30. The minimum Gasteiger partial charge on any atom is -0.329 e. The SMILES string of the molecule is Cc1cnc(NC(=O)CN(CC2CC2)C(=O)c2cccc(F)c2)s1. The van der Waals surface area contributed by atoms with E-state index in [1.54, 1.807) is 12.3 Å². The van der Waals surface area contributed by atoms with E-state index in [9.17, 15) is 14.0 Å². The van der Waals surface area contributed by atoms with Crippen molar-refractivity contribution in [2.75, 3.05) is 18.4 Å². The number of aryl methyl sites for hydroxylation is 1. The minimum atomic E-state index is -0.463. The van der Waals surface area contributed by atoms with E-state index in [1.807, 2.05) is 6.92 Å². The lowest BCUT2D eigenvalue weighted by Gasteiger charge is -2.22. The van der Waals surface area contributed by atoms with Crippen molar-refractivity contribution in [3.63, 3.8) is 0 Å². The maximum atomic E-state index is 13.4. The van der Waals surface area contributed by atoms with Gasteiger partial charge in [-0.3, -0.25) is 9.59 Å². The number of nitrogens with one attached hydrogen (secondary N) is 1. The minimum absolute atomic E-state index is 0.0650. The van der Waals surface area contributed by atoms with E-state index in [2.05, 4.69) is 10.3 Å². The number of hydrogen-bond donors (Lipinski definition) is 1. The summed E-state index contributed by atoms with van der Waals surface area (Å²) in [4.78, 5) is 31.4. The molecule has 126 valence electrons. The summed E-state index contributed by atoms with van der Waals surface area (Å²) in [5, 5.41) is 3.22. The maximum Gasteiger partial charge on any atom is 0.254 e. The molecule has 1 aliphatic carbocycles. The molecule has 1 aromatic carbocycles. The Balaban J connectivity index is 1.68. The Bertz CT molecular complexity index is 758. The zero-order valence-corrected chi connectivity index (χ0v) is 14.1. The lowest BCUT2D eigenvalue weighted by atomic mass is 10.2. The molecule has 2 aromatic rings. The predicted molar refractivity (Wildman–Crippen MR) is 90.5 cm³/mol. The van der Waals surface area contributed by atoms with Crippen LogP contribution in [0.25, 0.3) is 0 Å². The van der Waals surface area contributed by atoms with Gasteiger partial charge in [-0.1, -0.05) is 6.07 Å². The number of carbonyl (C=O) groups excluding carboxylic acids is 2. The summed E-state index contributed by atoms with van der Waals surface area (Å²) in [6.07, 6.45) is 3.79. The summed E-state index contributed by atoms with van der Waals surface area (Å²) in [5.41, 5.74) is 0.258. The number of rotatable bonds is 6. The Morgan fingerprint density at radius 2 is 2.21 bits per heavy atom. The second-order valence-corrected chi connectivity index (χ2v) is 7.20.